The van der Waals surface area contributed by atoms with E-state index in [2.05, 4.69) is 15.9 Å². The second-order valence-corrected chi connectivity index (χ2v) is 6.59. The highest BCUT2D eigenvalue weighted by atomic mass is 32.2. The summed E-state index contributed by atoms with van der Waals surface area (Å²) in [5.74, 6) is 0. The molecule has 1 aromatic carbocycles. The minimum absolute atomic E-state index is 0.323. The third-order valence-corrected chi connectivity index (χ3v) is 4.90. The molecule has 0 amide bonds. The molecule has 2 aromatic rings. The average molecular weight is 281 g/mol. The molecule has 1 radical (unpaired) electrons. The first-order valence-electron chi connectivity index (χ1n) is 5.32. The number of benzene rings is 1. The van der Waals surface area contributed by atoms with E-state index in [1.165, 1.54) is 11.3 Å². The van der Waals surface area contributed by atoms with Crippen LogP contribution in [0.2, 0.25) is 0 Å². The molecule has 1 aromatic heterocycles. The summed E-state index contributed by atoms with van der Waals surface area (Å²) in [6.45, 7) is 5.53. The predicted molar refractivity (Wildman–Crippen MR) is 72.4 cm³/mol. The molecule has 0 aliphatic rings. The third kappa shape index (κ3) is 2.54. The summed E-state index contributed by atoms with van der Waals surface area (Å²) in [4.78, 5) is 4.13. The van der Waals surface area contributed by atoms with Crippen molar-refractivity contribution < 1.29 is 8.42 Å². The Balaban J connectivity index is 2.48. The summed E-state index contributed by atoms with van der Waals surface area (Å²) in [6, 6.07) is 3.71. The van der Waals surface area contributed by atoms with Crippen molar-refractivity contribution in [3.8, 4) is 0 Å². The van der Waals surface area contributed by atoms with Crippen LogP contribution in [-0.2, 0) is 10.0 Å². The Bertz CT molecular complexity index is 638. The zero-order chi connectivity index (χ0) is 13.3. The molecule has 0 spiro atoms. The fourth-order valence-corrected chi connectivity index (χ4v) is 4.18. The van der Waals surface area contributed by atoms with Crippen LogP contribution in [0.15, 0.2) is 22.4 Å². The average Bonchev–Trinajstić information content (AvgIpc) is 2.66. The molecule has 1 N–H and O–H groups in total. The fourth-order valence-electron chi connectivity index (χ4n) is 2.00. The number of rotatable bonds is 3. The van der Waals surface area contributed by atoms with Gasteiger partial charge in [0.05, 0.1) is 4.90 Å². The highest BCUT2D eigenvalue weighted by Gasteiger charge is 2.20. The fraction of sp³-hybridized carbons (Fsp3) is 0.250. The summed E-state index contributed by atoms with van der Waals surface area (Å²) >= 11 is 1.20. The highest BCUT2D eigenvalue weighted by Crippen LogP contribution is 2.24. The first kappa shape index (κ1) is 13.0. The van der Waals surface area contributed by atoms with Gasteiger partial charge in [-0.1, -0.05) is 17.7 Å². The summed E-state index contributed by atoms with van der Waals surface area (Å²) in [5, 5.41) is 1.93. The highest BCUT2D eigenvalue weighted by molar-refractivity contribution is 7.93. The molecule has 6 heteroatoms. The van der Waals surface area contributed by atoms with E-state index < -0.39 is 10.0 Å². The van der Waals surface area contributed by atoms with Gasteiger partial charge in [-0.05, 0) is 31.9 Å². The first-order chi connectivity index (χ1) is 8.40. The number of sulfonamides is 1. The minimum atomic E-state index is -3.58. The number of anilines is 1. The van der Waals surface area contributed by atoms with Crippen molar-refractivity contribution in [2.45, 2.75) is 25.7 Å². The molecule has 0 bridgehead atoms. The van der Waals surface area contributed by atoms with E-state index in [-0.39, 0.29) is 0 Å². The number of nitrogens with zero attached hydrogens (tertiary/aromatic N) is 1. The number of aromatic nitrogens is 1. The van der Waals surface area contributed by atoms with Gasteiger partial charge >= 0.3 is 0 Å². The number of nitrogens with one attached hydrogen (secondary N) is 1. The lowest BCUT2D eigenvalue weighted by Gasteiger charge is -2.12. The smallest absolute Gasteiger partial charge is 0.255 e. The van der Waals surface area contributed by atoms with Gasteiger partial charge < -0.3 is 0 Å². The normalized spacial score (nSPS) is 11.5. The number of hydrogen-bond acceptors (Lipinski definition) is 4. The maximum atomic E-state index is 12.3. The lowest BCUT2D eigenvalue weighted by Crippen LogP contribution is -2.15. The second-order valence-electron chi connectivity index (χ2n) is 4.12. The zero-order valence-corrected chi connectivity index (χ0v) is 11.9. The van der Waals surface area contributed by atoms with E-state index in [1.807, 2.05) is 19.1 Å². The van der Waals surface area contributed by atoms with Gasteiger partial charge in [-0.3, -0.25) is 4.72 Å². The topological polar surface area (TPSA) is 59.1 Å². The van der Waals surface area contributed by atoms with Crippen molar-refractivity contribution in [1.82, 2.24) is 4.98 Å². The standard InChI is InChI=1S/C12H13N2O2S2/c1-8-6-9(2)11(10(3)7-8)18(15,16)14-12-13-4-5-17-12/h5-7H,1-3H3,(H,13,14). The van der Waals surface area contributed by atoms with Gasteiger partial charge in [0, 0.05) is 5.38 Å². The van der Waals surface area contributed by atoms with Gasteiger partial charge in [-0.2, -0.15) is 0 Å². The molecule has 95 valence electrons. The summed E-state index contributed by atoms with van der Waals surface area (Å²) in [7, 11) is -3.58. The van der Waals surface area contributed by atoms with Crippen molar-refractivity contribution in [3.63, 3.8) is 0 Å². The summed E-state index contributed by atoms with van der Waals surface area (Å²) in [6.07, 6.45) is 2.58. The molecule has 0 unspecified atom stereocenters. The Morgan fingerprint density at radius 1 is 1.22 bits per heavy atom. The Hall–Kier alpha value is -1.40. The predicted octanol–water partition coefficient (Wildman–Crippen LogP) is 2.67. The molecular formula is C12H13N2O2S2. The molecule has 0 aliphatic carbocycles. The van der Waals surface area contributed by atoms with Crippen LogP contribution in [0, 0.1) is 27.0 Å². The molecule has 0 aliphatic heterocycles. The van der Waals surface area contributed by atoms with E-state index in [9.17, 15) is 8.42 Å². The summed E-state index contributed by atoms with van der Waals surface area (Å²) in [5.41, 5.74) is 2.52. The Morgan fingerprint density at radius 3 is 2.33 bits per heavy atom. The molecule has 0 saturated carbocycles. The second kappa shape index (κ2) is 4.70. The largest absolute Gasteiger partial charge is 0.264 e. The molecule has 4 nitrogen and oxygen atoms in total. The minimum Gasteiger partial charge on any atom is -0.255 e. The van der Waals surface area contributed by atoms with Crippen molar-refractivity contribution in [2.24, 2.45) is 0 Å². The Morgan fingerprint density at radius 2 is 1.83 bits per heavy atom. The van der Waals surface area contributed by atoms with Crippen LogP contribution in [0.4, 0.5) is 5.13 Å². The number of aryl methyl sites for hydroxylation is 3. The van der Waals surface area contributed by atoms with E-state index in [1.54, 1.807) is 19.2 Å². The van der Waals surface area contributed by atoms with Gasteiger partial charge in [0.2, 0.25) is 0 Å². The van der Waals surface area contributed by atoms with Crippen LogP contribution in [0.1, 0.15) is 16.7 Å². The van der Waals surface area contributed by atoms with Crippen molar-refractivity contribution in [2.75, 3.05) is 4.72 Å². The van der Waals surface area contributed by atoms with E-state index in [4.69, 9.17) is 0 Å². The lowest BCUT2D eigenvalue weighted by atomic mass is 10.1. The van der Waals surface area contributed by atoms with Gasteiger partial charge in [-0.15, -0.1) is 11.3 Å². The van der Waals surface area contributed by atoms with Crippen LogP contribution < -0.4 is 4.72 Å². The van der Waals surface area contributed by atoms with Crippen molar-refractivity contribution in [3.05, 3.63) is 40.4 Å². The third-order valence-electron chi connectivity index (χ3n) is 2.48. The van der Waals surface area contributed by atoms with Crippen LogP contribution in [0.5, 0.6) is 0 Å². The molecular weight excluding hydrogens is 268 g/mol. The summed E-state index contributed by atoms with van der Waals surface area (Å²) < 4.78 is 27.1. The SMILES string of the molecule is Cc1cc(C)c(S(=O)(=O)Nc2n[c]cs2)c(C)c1. The Labute approximate surface area is 111 Å². The lowest BCUT2D eigenvalue weighted by molar-refractivity contribution is 0.600. The molecule has 0 saturated heterocycles. The number of thiazole rings is 1. The maximum absolute atomic E-state index is 12.3. The quantitative estimate of drug-likeness (QED) is 0.941. The Kier molecular flexibility index (Phi) is 3.41. The van der Waals surface area contributed by atoms with Crippen molar-refractivity contribution >= 4 is 26.5 Å². The van der Waals surface area contributed by atoms with Gasteiger partial charge in [-0.25, -0.2) is 13.4 Å². The molecule has 0 fully saturated rings. The van der Waals surface area contributed by atoms with Gasteiger partial charge in [0.1, 0.15) is 6.20 Å². The molecule has 0 atom stereocenters. The van der Waals surface area contributed by atoms with Crippen LogP contribution in [0.3, 0.4) is 0 Å². The van der Waals surface area contributed by atoms with Crippen molar-refractivity contribution in [1.29, 1.82) is 0 Å². The van der Waals surface area contributed by atoms with E-state index in [0.29, 0.717) is 10.0 Å². The maximum Gasteiger partial charge on any atom is 0.264 e. The van der Waals surface area contributed by atoms with Crippen LogP contribution in [0.25, 0.3) is 0 Å². The number of hydrogen-bond donors (Lipinski definition) is 1. The van der Waals surface area contributed by atoms with E-state index in [0.717, 1.165) is 16.7 Å². The molecule has 2 rings (SSSR count). The molecule has 18 heavy (non-hydrogen) atoms. The van der Waals surface area contributed by atoms with E-state index >= 15 is 0 Å². The van der Waals surface area contributed by atoms with Gasteiger partial charge in [0.25, 0.3) is 10.0 Å². The van der Waals surface area contributed by atoms with Crippen LogP contribution >= 0.6 is 11.3 Å². The monoisotopic (exact) mass is 281 g/mol. The van der Waals surface area contributed by atoms with Gasteiger partial charge in [0.15, 0.2) is 5.13 Å². The molecule has 1 heterocycles. The van der Waals surface area contributed by atoms with Crippen LogP contribution in [-0.4, -0.2) is 13.4 Å². The first-order valence-corrected chi connectivity index (χ1v) is 7.68. The zero-order valence-electron chi connectivity index (χ0n) is 10.3.